The molecule has 92 valence electrons. The summed E-state index contributed by atoms with van der Waals surface area (Å²) in [5.41, 5.74) is 0. The zero-order valence-electron chi connectivity index (χ0n) is 9.92. The first-order valence-corrected chi connectivity index (χ1v) is 7.15. The Morgan fingerprint density at radius 3 is 2.27 bits per heavy atom. The average Bonchev–Trinajstić information content (AvgIpc) is 2.01. The fourth-order valence-electron chi connectivity index (χ4n) is 1.07. The number of halogens is 1. The van der Waals surface area contributed by atoms with Crippen molar-refractivity contribution in [2.45, 2.75) is 43.7 Å². The predicted molar refractivity (Wildman–Crippen MR) is 64.3 cm³/mol. The van der Waals surface area contributed by atoms with Crippen LogP contribution in [0.4, 0.5) is 0 Å². The molecule has 5 heteroatoms. The minimum Gasteiger partial charge on any atom is -0.383 e. The normalized spacial score (nSPS) is 15.3. The van der Waals surface area contributed by atoms with E-state index in [1.165, 1.54) is 0 Å². The highest BCUT2D eigenvalue weighted by atomic mass is 35.5. The number of hydrogen-bond donors (Lipinski definition) is 0. The zero-order valence-corrected chi connectivity index (χ0v) is 11.5. The molecule has 1 atom stereocenters. The Bertz CT molecular complexity index is 267. The molecule has 0 rings (SSSR count). The Kier molecular flexibility index (Phi) is 6.14. The first-order chi connectivity index (χ1) is 6.70. The molecule has 0 amide bonds. The second-order valence-corrected chi connectivity index (χ2v) is 8.11. The molecular weight excluding hydrogens is 236 g/mol. The van der Waals surface area contributed by atoms with Crippen LogP contribution in [0.1, 0.15) is 33.6 Å². The molecule has 0 saturated carbocycles. The summed E-state index contributed by atoms with van der Waals surface area (Å²) in [6.45, 7) is 5.62. The van der Waals surface area contributed by atoms with Crippen molar-refractivity contribution in [3.63, 3.8) is 0 Å². The Morgan fingerprint density at radius 2 is 1.87 bits per heavy atom. The van der Waals surface area contributed by atoms with Gasteiger partial charge in [0.25, 0.3) is 0 Å². The van der Waals surface area contributed by atoms with Crippen LogP contribution in [0, 0.1) is 0 Å². The van der Waals surface area contributed by atoms with Crippen LogP contribution in [0.2, 0.25) is 0 Å². The van der Waals surface area contributed by atoms with Crippen LogP contribution >= 0.6 is 11.6 Å². The number of sulfone groups is 1. The molecule has 0 radical (unpaired) electrons. The Labute approximate surface area is 98.1 Å². The molecule has 15 heavy (non-hydrogen) atoms. The summed E-state index contributed by atoms with van der Waals surface area (Å²) in [7, 11) is -1.42. The van der Waals surface area contributed by atoms with Gasteiger partial charge < -0.3 is 4.74 Å². The maximum atomic E-state index is 11.7. The number of methoxy groups -OCH3 is 1. The molecule has 0 bridgehead atoms. The monoisotopic (exact) mass is 256 g/mol. The number of rotatable bonds is 6. The maximum absolute atomic E-state index is 11.7. The largest absolute Gasteiger partial charge is 0.383 e. The van der Waals surface area contributed by atoms with Gasteiger partial charge >= 0.3 is 0 Å². The minimum atomic E-state index is -3.01. The van der Waals surface area contributed by atoms with E-state index in [2.05, 4.69) is 0 Å². The van der Waals surface area contributed by atoms with E-state index in [1.54, 1.807) is 27.9 Å². The van der Waals surface area contributed by atoms with Crippen molar-refractivity contribution in [1.29, 1.82) is 0 Å². The van der Waals surface area contributed by atoms with Gasteiger partial charge in [-0.2, -0.15) is 0 Å². The molecule has 1 unspecified atom stereocenters. The molecule has 0 fully saturated rings. The third-order valence-corrected chi connectivity index (χ3v) is 5.25. The Morgan fingerprint density at radius 1 is 1.33 bits per heavy atom. The fraction of sp³-hybridized carbons (Fsp3) is 1.00. The molecule has 0 saturated heterocycles. The molecule has 0 heterocycles. The van der Waals surface area contributed by atoms with E-state index >= 15 is 0 Å². The van der Waals surface area contributed by atoms with Gasteiger partial charge in [-0.25, -0.2) is 8.42 Å². The van der Waals surface area contributed by atoms with Crippen LogP contribution in [0.3, 0.4) is 0 Å². The lowest BCUT2D eigenvalue weighted by Gasteiger charge is -2.19. The van der Waals surface area contributed by atoms with Gasteiger partial charge in [-0.3, -0.25) is 0 Å². The summed E-state index contributed by atoms with van der Waals surface area (Å²) < 4.78 is 27.6. The Balaban J connectivity index is 3.97. The molecule has 0 aromatic rings. The Hall–Kier alpha value is 0.200. The summed E-state index contributed by atoms with van der Waals surface area (Å²) in [5.74, 6) is 0.198. The third-order valence-electron chi connectivity index (χ3n) is 2.21. The van der Waals surface area contributed by atoms with E-state index in [9.17, 15) is 8.42 Å². The average molecular weight is 257 g/mol. The van der Waals surface area contributed by atoms with E-state index in [1.807, 2.05) is 0 Å². The van der Waals surface area contributed by atoms with Crippen molar-refractivity contribution in [2.24, 2.45) is 0 Å². The summed E-state index contributed by atoms with van der Waals surface area (Å²) >= 11 is 5.90. The smallest absolute Gasteiger partial charge is 0.155 e. The van der Waals surface area contributed by atoms with Gasteiger partial charge in [-0.1, -0.05) is 0 Å². The van der Waals surface area contributed by atoms with Crippen LogP contribution < -0.4 is 0 Å². The van der Waals surface area contributed by atoms with Gasteiger partial charge in [0.15, 0.2) is 9.84 Å². The van der Waals surface area contributed by atoms with Gasteiger partial charge in [-0.15, -0.1) is 11.6 Å². The second-order valence-electron chi connectivity index (χ2n) is 4.63. The highest BCUT2D eigenvalue weighted by Crippen LogP contribution is 2.18. The van der Waals surface area contributed by atoms with Crippen LogP contribution in [0.5, 0.6) is 0 Å². The van der Waals surface area contributed by atoms with Crippen LogP contribution in [-0.4, -0.2) is 38.0 Å². The zero-order chi connectivity index (χ0) is 12.1. The molecule has 3 nitrogen and oxygen atoms in total. The lowest BCUT2D eigenvalue weighted by Crippen LogP contribution is -2.30. The number of alkyl halides is 1. The highest BCUT2D eigenvalue weighted by Gasteiger charge is 2.28. The van der Waals surface area contributed by atoms with Gasteiger partial charge in [0, 0.05) is 7.11 Å². The van der Waals surface area contributed by atoms with E-state index in [0.29, 0.717) is 19.4 Å². The van der Waals surface area contributed by atoms with Crippen molar-refractivity contribution in [3.05, 3.63) is 0 Å². The van der Waals surface area contributed by atoms with Crippen LogP contribution in [0.15, 0.2) is 0 Å². The second kappa shape index (κ2) is 6.06. The summed E-state index contributed by atoms with van der Waals surface area (Å²) in [4.78, 5) is 0. The third kappa shape index (κ3) is 5.73. The summed E-state index contributed by atoms with van der Waals surface area (Å²) in [6.07, 6.45) is 1.27. The highest BCUT2D eigenvalue weighted by molar-refractivity contribution is 7.92. The lowest BCUT2D eigenvalue weighted by molar-refractivity contribution is 0.195. The van der Waals surface area contributed by atoms with Crippen molar-refractivity contribution in [1.82, 2.24) is 0 Å². The molecule has 0 aliphatic rings. The van der Waals surface area contributed by atoms with Gasteiger partial charge in [0.05, 0.1) is 22.5 Å². The fourth-order valence-corrected chi connectivity index (χ4v) is 2.50. The van der Waals surface area contributed by atoms with Crippen LogP contribution in [-0.2, 0) is 14.6 Å². The number of hydrogen-bond acceptors (Lipinski definition) is 3. The van der Waals surface area contributed by atoms with Crippen molar-refractivity contribution in [3.8, 4) is 0 Å². The van der Waals surface area contributed by atoms with Crippen LogP contribution in [0.25, 0.3) is 0 Å². The topological polar surface area (TPSA) is 43.4 Å². The molecule has 0 aliphatic heterocycles. The first-order valence-electron chi connectivity index (χ1n) is 5.06. The lowest BCUT2D eigenvalue weighted by atomic mass is 10.2. The van der Waals surface area contributed by atoms with Crippen molar-refractivity contribution < 1.29 is 13.2 Å². The van der Waals surface area contributed by atoms with Gasteiger partial charge in [-0.05, 0) is 33.6 Å². The minimum absolute atomic E-state index is 0.0924. The van der Waals surface area contributed by atoms with Gasteiger partial charge in [0.1, 0.15) is 0 Å². The molecule has 0 spiro atoms. The van der Waals surface area contributed by atoms with E-state index < -0.39 is 14.6 Å². The molecule has 0 aromatic heterocycles. The van der Waals surface area contributed by atoms with E-state index in [0.717, 1.165) is 0 Å². The maximum Gasteiger partial charge on any atom is 0.155 e. The number of ether oxygens (including phenoxy) is 1. The summed E-state index contributed by atoms with van der Waals surface area (Å²) in [5, 5.41) is -0.0924. The quantitative estimate of drug-likeness (QED) is 0.685. The van der Waals surface area contributed by atoms with Crippen molar-refractivity contribution >= 4 is 21.4 Å². The SMILES string of the molecule is COCC(Cl)CCCS(=O)(=O)C(C)(C)C. The van der Waals surface area contributed by atoms with Crippen molar-refractivity contribution in [2.75, 3.05) is 19.5 Å². The van der Waals surface area contributed by atoms with Gasteiger partial charge in [0.2, 0.25) is 0 Å². The summed E-state index contributed by atoms with van der Waals surface area (Å²) in [6, 6.07) is 0. The molecule has 0 N–H and O–H groups in total. The molecular formula is C10H21ClO3S. The molecule has 0 aromatic carbocycles. The first kappa shape index (κ1) is 15.2. The standard InChI is InChI=1S/C10H21ClO3S/c1-10(2,3)15(12,13)7-5-6-9(11)8-14-4/h9H,5-8H2,1-4H3. The van der Waals surface area contributed by atoms with E-state index in [4.69, 9.17) is 16.3 Å². The molecule has 0 aliphatic carbocycles. The predicted octanol–water partition coefficient (Wildman–Crippen LogP) is 2.23. The van der Waals surface area contributed by atoms with E-state index in [-0.39, 0.29) is 11.1 Å².